The van der Waals surface area contributed by atoms with Crippen LogP contribution >= 0.6 is 24.0 Å². The predicted molar refractivity (Wildman–Crippen MR) is 159 cm³/mol. The highest BCUT2D eigenvalue weighted by atomic mass is 35.5. The first kappa shape index (κ1) is 30.8. The first-order valence-corrected chi connectivity index (χ1v) is 13.7. The third kappa shape index (κ3) is 7.70. The van der Waals surface area contributed by atoms with Crippen LogP contribution in [0.1, 0.15) is 62.6 Å². The molecule has 7 heteroatoms. The summed E-state index contributed by atoms with van der Waals surface area (Å²) in [6, 6.07) is 28.3. The molecule has 208 valence electrons. The molecule has 1 amide bonds. The Morgan fingerprint density at radius 1 is 0.949 bits per heavy atom. The Bertz CT molecular complexity index is 1170. The monoisotopic (exact) mass is 568 g/mol. The number of benzene rings is 3. The van der Waals surface area contributed by atoms with Gasteiger partial charge in [-0.2, -0.15) is 0 Å². The van der Waals surface area contributed by atoms with Gasteiger partial charge in [-0.1, -0.05) is 91.3 Å². The van der Waals surface area contributed by atoms with E-state index in [9.17, 15) is 14.7 Å². The van der Waals surface area contributed by atoms with Crippen LogP contribution in [-0.4, -0.2) is 41.0 Å². The number of likely N-dealkylation sites (tertiary alicyclic amines) is 1. The van der Waals surface area contributed by atoms with Crippen molar-refractivity contribution in [3.63, 3.8) is 0 Å². The standard InChI is InChI=1S/C32H37ClN2O3.ClH/c1-24(36)23-30(37)34-29(35-21-19-32(38,20-22-35)27-13-15-28(33)16-14-27)17-18-31(2,25-9-5-3-6-10-25)26-11-7-4-8-12-26;/h3-16,29,38H,17-23H2,1-2H3,(H,34,37);1H. The zero-order chi connectivity index (χ0) is 27.2. The highest BCUT2D eigenvalue weighted by Crippen LogP contribution is 2.38. The Morgan fingerprint density at radius 2 is 1.46 bits per heavy atom. The normalized spacial score (nSPS) is 16.1. The van der Waals surface area contributed by atoms with Gasteiger partial charge in [0.1, 0.15) is 5.78 Å². The third-order valence-corrected chi connectivity index (χ3v) is 8.18. The summed E-state index contributed by atoms with van der Waals surface area (Å²) in [7, 11) is 0. The van der Waals surface area contributed by atoms with E-state index in [1.165, 1.54) is 18.1 Å². The number of amides is 1. The molecule has 0 bridgehead atoms. The van der Waals surface area contributed by atoms with Crippen LogP contribution < -0.4 is 5.32 Å². The lowest BCUT2D eigenvalue weighted by Crippen LogP contribution is -2.54. The minimum absolute atomic E-state index is 0. The summed E-state index contributed by atoms with van der Waals surface area (Å²) in [5, 5.41) is 15.2. The molecule has 5 nitrogen and oxygen atoms in total. The minimum Gasteiger partial charge on any atom is -0.385 e. The van der Waals surface area contributed by atoms with Crippen LogP contribution in [0, 0.1) is 0 Å². The van der Waals surface area contributed by atoms with Gasteiger partial charge in [0.15, 0.2) is 0 Å². The van der Waals surface area contributed by atoms with Crippen LogP contribution in [0.25, 0.3) is 0 Å². The summed E-state index contributed by atoms with van der Waals surface area (Å²) < 4.78 is 0. The van der Waals surface area contributed by atoms with Crippen molar-refractivity contribution >= 4 is 35.7 Å². The molecule has 2 N–H and O–H groups in total. The molecule has 1 unspecified atom stereocenters. The number of piperidine rings is 1. The summed E-state index contributed by atoms with van der Waals surface area (Å²) in [6.07, 6.45) is 2.20. The second-order valence-electron chi connectivity index (χ2n) is 10.6. The number of carbonyl (C=O) groups excluding carboxylic acids is 2. The van der Waals surface area contributed by atoms with Gasteiger partial charge in [0.25, 0.3) is 0 Å². The van der Waals surface area contributed by atoms with Gasteiger partial charge >= 0.3 is 0 Å². The number of Topliss-reactive ketones (excluding diaryl/α,β-unsaturated/α-hetero) is 1. The molecule has 4 rings (SSSR count). The number of nitrogens with one attached hydrogen (secondary N) is 1. The van der Waals surface area contributed by atoms with Gasteiger partial charge in [0.2, 0.25) is 5.91 Å². The van der Waals surface area contributed by atoms with Gasteiger partial charge in [0.05, 0.1) is 18.2 Å². The molecule has 1 aliphatic heterocycles. The fourth-order valence-corrected chi connectivity index (χ4v) is 5.68. The number of nitrogens with zero attached hydrogens (tertiary/aromatic N) is 1. The maximum atomic E-state index is 12.7. The topological polar surface area (TPSA) is 69.6 Å². The van der Waals surface area contributed by atoms with Crippen LogP contribution in [0.4, 0.5) is 0 Å². The molecule has 1 saturated heterocycles. The second-order valence-corrected chi connectivity index (χ2v) is 11.1. The summed E-state index contributed by atoms with van der Waals surface area (Å²) in [5.74, 6) is -0.419. The number of hydrogen-bond donors (Lipinski definition) is 2. The smallest absolute Gasteiger partial charge is 0.228 e. The molecular weight excluding hydrogens is 531 g/mol. The van der Waals surface area contributed by atoms with Crippen molar-refractivity contribution in [2.45, 2.75) is 63.1 Å². The fraction of sp³-hybridized carbons (Fsp3) is 0.375. The Kier molecular flexibility index (Phi) is 10.7. The Balaban J connectivity index is 0.00000420. The van der Waals surface area contributed by atoms with Gasteiger partial charge in [-0.05, 0) is 61.4 Å². The average Bonchev–Trinajstić information content (AvgIpc) is 2.92. The van der Waals surface area contributed by atoms with E-state index in [4.69, 9.17) is 11.6 Å². The van der Waals surface area contributed by atoms with E-state index >= 15 is 0 Å². The average molecular weight is 570 g/mol. The molecule has 3 aromatic rings. The SMILES string of the molecule is CC(=O)CC(=O)NC(CCC(C)(c1ccccc1)c1ccccc1)N1CCC(O)(c2ccc(Cl)cc2)CC1.Cl. The Labute approximate surface area is 243 Å². The van der Waals surface area contributed by atoms with E-state index in [2.05, 4.69) is 65.7 Å². The van der Waals surface area contributed by atoms with Crippen LogP contribution in [0.5, 0.6) is 0 Å². The van der Waals surface area contributed by atoms with Gasteiger partial charge < -0.3 is 10.4 Å². The van der Waals surface area contributed by atoms with E-state index in [-0.39, 0.29) is 42.1 Å². The van der Waals surface area contributed by atoms with Crippen LogP contribution in [0.15, 0.2) is 84.9 Å². The predicted octanol–water partition coefficient (Wildman–Crippen LogP) is 6.25. The van der Waals surface area contributed by atoms with Crippen molar-refractivity contribution in [1.29, 1.82) is 0 Å². The molecule has 0 saturated carbocycles. The van der Waals surface area contributed by atoms with Crippen LogP contribution in [0.2, 0.25) is 5.02 Å². The van der Waals surface area contributed by atoms with Crippen LogP contribution in [0.3, 0.4) is 0 Å². The van der Waals surface area contributed by atoms with Crippen molar-refractivity contribution < 1.29 is 14.7 Å². The zero-order valence-electron chi connectivity index (χ0n) is 22.6. The quantitative estimate of drug-likeness (QED) is 0.283. The maximum Gasteiger partial charge on any atom is 0.228 e. The Morgan fingerprint density at radius 3 is 1.95 bits per heavy atom. The summed E-state index contributed by atoms with van der Waals surface area (Å²) in [4.78, 5) is 26.6. The Hall–Kier alpha value is -2.70. The van der Waals surface area contributed by atoms with E-state index in [0.29, 0.717) is 37.4 Å². The molecule has 39 heavy (non-hydrogen) atoms. The molecule has 1 atom stereocenters. The van der Waals surface area contributed by atoms with E-state index < -0.39 is 5.60 Å². The van der Waals surface area contributed by atoms with E-state index in [0.717, 1.165) is 12.0 Å². The second kappa shape index (κ2) is 13.6. The first-order chi connectivity index (χ1) is 18.2. The molecule has 1 heterocycles. The zero-order valence-corrected chi connectivity index (χ0v) is 24.2. The van der Waals surface area contributed by atoms with Crippen LogP contribution in [-0.2, 0) is 20.6 Å². The maximum absolute atomic E-state index is 12.7. The summed E-state index contributed by atoms with van der Waals surface area (Å²) in [5.41, 5.74) is 2.11. The van der Waals surface area contributed by atoms with Gasteiger partial charge in [-0.3, -0.25) is 14.5 Å². The molecule has 0 radical (unpaired) electrons. The van der Waals surface area contributed by atoms with Crippen molar-refractivity contribution in [2.24, 2.45) is 0 Å². The highest BCUT2D eigenvalue weighted by molar-refractivity contribution is 6.30. The third-order valence-electron chi connectivity index (χ3n) is 7.92. The van der Waals surface area contributed by atoms with Crippen molar-refractivity contribution in [2.75, 3.05) is 13.1 Å². The number of aliphatic hydroxyl groups is 1. The van der Waals surface area contributed by atoms with Crippen molar-refractivity contribution in [3.05, 3.63) is 107 Å². The lowest BCUT2D eigenvalue weighted by molar-refractivity contribution is -0.129. The number of ketones is 1. The number of halogens is 2. The fourth-order valence-electron chi connectivity index (χ4n) is 5.56. The van der Waals surface area contributed by atoms with Gasteiger partial charge in [-0.15, -0.1) is 12.4 Å². The molecule has 1 aliphatic rings. The van der Waals surface area contributed by atoms with Gasteiger partial charge in [0, 0.05) is 23.5 Å². The largest absolute Gasteiger partial charge is 0.385 e. The molecule has 3 aromatic carbocycles. The lowest BCUT2D eigenvalue weighted by Gasteiger charge is -2.43. The number of hydrogen-bond acceptors (Lipinski definition) is 4. The molecule has 1 fully saturated rings. The molecule has 0 spiro atoms. The van der Waals surface area contributed by atoms with E-state index in [1.54, 1.807) is 12.1 Å². The number of carbonyl (C=O) groups is 2. The summed E-state index contributed by atoms with van der Waals surface area (Å²) >= 11 is 6.05. The van der Waals surface area contributed by atoms with Crippen molar-refractivity contribution in [1.82, 2.24) is 10.2 Å². The van der Waals surface area contributed by atoms with E-state index in [1.807, 2.05) is 24.3 Å². The first-order valence-electron chi connectivity index (χ1n) is 13.3. The van der Waals surface area contributed by atoms with Crippen molar-refractivity contribution in [3.8, 4) is 0 Å². The summed E-state index contributed by atoms with van der Waals surface area (Å²) in [6.45, 7) is 4.93. The molecular formula is C32H38Cl2N2O3. The highest BCUT2D eigenvalue weighted by Gasteiger charge is 2.37. The van der Waals surface area contributed by atoms with Gasteiger partial charge in [-0.25, -0.2) is 0 Å². The molecule has 0 aromatic heterocycles. The number of rotatable bonds is 10. The minimum atomic E-state index is -0.933. The lowest BCUT2D eigenvalue weighted by atomic mass is 9.72. The molecule has 0 aliphatic carbocycles.